The van der Waals surface area contributed by atoms with E-state index in [1.807, 2.05) is 44.2 Å². The van der Waals surface area contributed by atoms with Gasteiger partial charge in [0, 0.05) is 12.0 Å². The van der Waals surface area contributed by atoms with E-state index in [2.05, 4.69) is 10.3 Å². The van der Waals surface area contributed by atoms with Crippen LogP contribution in [0.15, 0.2) is 42.5 Å². The fraction of sp³-hybridized carbons (Fsp3) is 0.400. The lowest BCUT2D eigenvalue weighted by Crippen LogP contribution is -2.89. The molecule has 0 saturated carbocycles. The molecule has 1 aromatic heterocycles. The van der Waals surface area contributed by atoms with E-state index < -0.39 is 24.2 Å². The Morgan fingerprint density at radius 2 is 1.96 bits per heavy atom. The molecule has 1 aliphatic rings. The number of alkyl halides is 1. The minimum atomic E-state index is -0.971. The number of pyridine rings is 1. The first-order chi connectivity index (χ1) is 12.5. The SMILES string of the molecule is CC(C)c1ccc([C@@H](NC(=O)[C@@H]2C[C@@H](F)C[NH2+]2)c2ccccc2)nc1F. The third kappa shape index (κ3) is 4.07. The summed E-state index contributed by atoms with van der Waals surface area (Å²) in [5.74, 6) is -0.756. The minimum Gasteiger partial charge on any atom is -0.338 e. The van der Waals surface area contributed by atoms with Gasteiger partial charge in [-0.2, -0.15) is 4.39 Å². The van der Waals surface area contributed by atoms with Gasteiger partial charge in [0.15, 0.2) is 12.2 Å². The van der Waals surface area contributed by atoms with Crippen LogP contribution in [-0.2, 0) is 4.79 Å². The van der Waals surface area contributed by atoms with Gasteiger partial charge in [0.1, 0.15) is 6.54 Å². The molecular formula is C20H24F2N3O+. The van der Waals surface area contributed by atoms with E-state index >= 15 is 0 Å². The maximum Gasteiger partial charge on any atom is 0.279 e. The number of carbonyl (C=O) groups excluding carboxylic acids is 1. The van der Waals surface area contributed by atoms with Gasteiger partial charge in [-0.1, -0.05) is 50.2 Å². The Labute approximate surface area is 152 Å². The van der Waals surface area contributed by atoms with E-state index in [0.29, 0.717) is 17.8 Å². The Morgan fingerprint density at radius 3 is 2.54 bits per heavy atom. The van der Waals surface area contributed by atoms with Crippen molar-refractivity contribution in [3.8, 4) is 0 Å². The van der Waals surface area contributed by atoms with Crippen molar-refractivity contribution in [1.29, 1.82) is 0 Å². The smallest absolute Gasteiger partial charge is 0.279 e. The van der Waals surface area contributed by atoms with Crippen LogP contribution in [0.5, 0.6) is 0 Å². The number of halogens is 2. The van der Waals surface area contributed by atoms with E-state index in [1.54, 1.807) is 17.4 Å². The average Bonchev–Trinajstić information content (AvgIpc) is 3.06. The van der Waals surface area contributed by atoms with Crippen molar-refractivity contribution in [2.45, 2.75) is 44.4 Å². The lowest BCUT2D eigenvalue weighted by atomic mass is 9.99. The van der Waals surface area contributed by atoms with Crippen molar-refractivity contribution in [3.05, 3.63) is 65.2 Å². The predicted octanol–water partition coefficient (Wildman–Crippen LogP) is 2.22. The fourth-order valence-corrected chi connectivity index (χ4v) is 3.27. The maximum absolute atomic E-state index is 14.4. The summed E-state index contributed by atoms with van der Waals surface area (Å²) < 4.78 is 27.8. The zero-order chi connectivity index (χ0) is 18.7. The van der Waals surface area contributed by atoms with Gasteiger partial charge in [0.2, 0.25) is 5.95 Å². The lowest BCUT2D eigenvalue weighted by molar-refractivity contribution is -0.659. The van der Waals surface area contributed by atoms with Crippen molar-refractivity contribution in [1.82, 2.24) is 10.3 Å². The lowest BCUT2D eigenvalue weighted by Gasteiger charge is -2.21. The third-order valence-electron chi connectivity index (χ3n) is 4.76. The van der Waals surface area contributed by atoms with Gasteiger partial charge in [-0.25, -0.2) is 9.37 Å². The number of nitrogens with one attached hydrogen (secondary N) is 1. The summed E-state index contributed by atoms with van der Waals surface area (Å²) >= 11 is 0. The number of hydrogen-bond donors (Lipinski definition) is 2. The van der Waals surface area contributed by atoms with Crippen LogP contribution >= 0.6 is 0 Å². The topological polar surface area (TPSA) is 58.6 Å². The number of rotatable bonds is 5. The monoisotopic (exact) mass is 360 g/mol. The molecule has 3 atom stereocenters. The van der Waals surface area contributed by atoms with Crippen LogP contribution in [-0.4, -0.2) is 29.6 Å². The molecular weight excluding hydrogens is 336 g/mol. The third-order valence-corrected chi connectivity index (χ3v) is 4.76. The Kier molecular flexibility index (Phi) is 5.61. The molecule has 26 heavy (non-hydrogen) atoms. The summed E-state index contributed by atoms with van der Waals surface area (Å²) in [5.41, 5.74) is 1.78. The van der Waals surface area contributed by atoms with Gasteiger partial charge in [-0.15, -0.1) is 0 Å². The van der Waals surface area contributed by atoms with Gasteiger partial charge >= 0.3 is 0 Å². The van der Waals surface area contributed by atoms with Crippen LogP contribution < -0.4 is 10.6 Å². The molecule has 0 bridgehead atoms. The summed E-state index contributed by atoms with van der Waals surface area (Å²) in [5, 5.41) is 4.63. The number of amides is 1. The summed E-state index contributed by atoms with van der Waals surface area (Å²) in [6, 6.07) is 11.7. The number of nitrogens with two attached hydrogens (primary N) is 1. The largest absolute Gasteiger partial charge is 0.338 e. The molecule has 3 rings (SSSR count). The van der Waals surface area contributed by atoms with Crippen molar-refractivity contribution >= 4 is 5.91 Å². The molecule has 2 heterocycles. The van der Waals surface area contributed by atoms with E-state index in [1.165, 1.54) is 0 Å². The molecule has 6 heteroatoms. The zero-order valence-electron chi connectivity index (χ0n) is 15.0. The summed E-state index contributed by atoms with van der Waals surface area (Å²) in [7, 11) is 0. The Hall–Kier alpha value is -2.34. The molecule has 4 nitrogen and oxygen atoms in total. The highest BCUT2D eigenvalue weighted by molar-refractivity contribution is 5.81. The Bertz CT molecular complexity index is 767. The fourth-order valence-electron chi connectivity index (χ4n) is 3.27. The molecule has 1 amide bonds. The van der Waals surface area contributed by atoms with Gasteiger partial charge in [-0.05, 0) is 17.5 Å². The Morgan fingerprint density at radius 1 is 1.23 bits per heavy atom. The number of benzene rings is 1. The summed E-state index contributed by atoms with van der Waals surface area (Å²) in [4.78, 5) is 16.7. The quantitative estimate of drug-likeness (QED) is 0.804. The van der Waals surface area contributed by atoms with Gasteiger partial charge in [0.05, 0.1) is 11.7 Å². The molecule has 138 valence electrons. The number of hydrogen-bond acceptors (Lipinski definition) is 2. The van der Waals surface area contributed by atoms with Gasteiger partial charge < -0.3 is 10.6 Å². The molecule has 0 spiro atoms. The van der Waals surface area contributed by atoms with E-state index in [4.69, 9.17) is 0 Å². The van der Waals surface area contributed by atoms with Crippen molar-refractivity contribution in [2.24, 2.45) is 0 Å². The normalized spacial score (nSPS) is 21.0. The van der Waals surface area contributed by atoms with E-state index in [9.17, 15) is 13.6 Å². The summed E-state index contributed by atoms with van der Waals surface area (Å²) in [6.45, 7) is 4.10. The van der Waals surface area contributed by atoms with Crippen LogP contribution in [0.25, 0.3) is 0 Å². The highest BCUT2D eigenvalue weighted by Gasteiger charge is 2.35. The zero-order valence-corrected chi connectivity index (χ0v) is 15.0. The molecule has 0 radical (unpaired) electrons. The molecule has 0 aliphatic carbocycles. The van der Waals surface area contributed by atoms with Crippen molar-refractivity contribution in [3.63, 3.8) is 0 Å². The van der Waals surface area contributed by atoms with E-state index in [0.717, 1.165) is 5.56 Å². The molecule has 3 N–H and O–H groups in total. The average molecular weight is 360 g/mol. The van der Waals surface area contributed by atoms with Crippen molar-refractivity contribution < 1.29 is 18.9 Å². The van der Waals surface area contributed by atoms with E-state index in [-0.39, 0.29) is 18.2 Å². The molecule has 1 fully saturated rings. The Balaban J connectivity index is 1.89. The molecule has 1 aliphatic heterocycles. The highest BCUT2D eigenvalue weighted by Crippen LogP contribution is 2.24. The first-order valence-corrected chi connectivity index (χ1v) is 8.94. The first-order valence-electron chi connectivity index (χ1n) is 8.94. The molecule has 2 aromatic rings. The molecule has 0 unspecified atom stereocenters. The van der Waals surface area contributed by atoms with Crippen LogP contribution in [0, 0.1) is 5.95 Å². The molecule has 1 saturated heterocycles. The molecule has 1 aromatic carbocycles. The number of quaternary nitrogens is 1. The van der Waals surface area contributed by atoms with Crippen LogP contribution in [0.3, 0.4) is 0 Å². The van der Waals surface area contributed by atoms with Crippen LogP contribution in [0.1, 0.15) is 49.0 Å². The second-order valence-corrected chi connectivity index (χ2v) is 7.03. The maximum atomic E-state index is 14.4. The second kappa shape index (κ2) is 7.91. The number of aromatic nitrogens is 1. The van der Waals surface area contributed by atoms with Crippen molar-refractivity contribution in [2.75, 3.05) is 6.54 Å². The second-order valence-electron chi connectivity index (χ2n) is 7.03. The number of carbonyl (C=O) groups is 1. The number of nitrogens with zero attached hydrogens (tertiary/aromatic N) is 1. The van der Waals surface area contributed by atoms with Gasteiger partial charge in [0.25, 0.3) is 5.91 Å². The van der Waals surface area contributed by atoms with Crippen LogP contribution in [0.2, 0.25) is 0 Å². The van der Waals surface area contributed by atoms with Gasteiger partial charge in [-0.3, -0.25) is 4.79 Å². The predicted molar refractivity (Wildman–Crippen MR) is 94.8 cm³/mol. The minimum absolute atomic E-state index is 0.0240. The summed E-state index contributed by atoms with van der Waals surface area (Å²) in [6.07, 6.45) is -0.775. The van der Waals surface area contributed by atoms with Crippen LogP contribution in [0.4, 0.5) is 8.78 Å². The highest BCUT2D eigenvalue weighted by atomic mass is 19.1. The first kappa shape index (κ1) is 18.5. The standard InChI is InChI=1S/C20H23F2N3O/c1-12(2)15-8-9-16(24-19(15)22)18(13-6-4-3-5-7-13)25-20(26)17-10-14(21)11-23-17/h3-9,12,14,17-18,23H,10-11H2,1-2H3,(H,25,26)/p+1/t14-,17+,18+/m1/s1.